The second-order valence-corrected chi connectivity index (χ2v) is 7.66. The summed E-state index contributed by atoms with van der Waals surface area (Å²) in [6.07, 6.45) is 2.16. The van der Waals surface area contributed by atoms with Crippen LogP contribution in [0.3, 0.4) is 0 Å². The molecule has 0 saturated heterocycles. The highest BCUT2D eigenvalue weighted by atomic mass is 16.5. The summed E-state index contributed by atoms with van der Waals surface area (Å²) >= 11 is 0. The van der Waals surface area contributed by atoms with Gasteiger partial charge in [-0.25, -0.2) is 0 Å². The minimum atomic E-state index is 0.421. The smallest absolute Gasteiger partial charge is 0.161 e. The Morgan fingerprint density at radius 3 is 1.90 bits per heavy atom. The number of ether oxygens (including phenoxy) is 2. The van der Waals surface area contributed by atoms with Crippen LogP contribution in [0.15, 0.2) is 72.8 Å². The number of hydrogen-bond donors (Lipinski definition) is 0. The summed E-state index contributed by atoms with van der Waals surface area (Å²) in [5.74, 6) is 2.07. The highest BCUT2D eigenvalue weighted by Crippen LogP contribution is 2.34. The fourth-order valence-corrected chi connectivity index (χ4v) is 4.34. The van der Waals surface area contributed by atoms with Crippen molar-refractivity contribution in [2.75, 3.05) is 27.3 Å². The third-order valence-corrected chi connectivity index (χ3v) is 5.93. The van der Waals surface area contributed by atoms with E-state index in [2.05, 4.69) is 77.7 Å². The molecule has 0 bridgehead atoms. The second-order valence-electron chi connectivity index (χ2n) is 7.66. The molecule has 150 valence electrons. The van der Waals surface area contributed by atoms with Crippen LogP contribution in [-0.4, -0.2) is 32.2 Å². The first-order chi connectivity index (χ1) is 14.3. The normalized spacial score (nSPS) is 13.9. The Bertz CT molecular complexity index is 885. The van der Waals surface area contributed by atoms with Crippen molar-refractivity contribution in [3.63, 3.8) is 0 Å². The molecule has 0 amide bonds. The van der Waals surface area contributed by atoms with Crippen molar-refractivity contribution in [3.05, 3.63) is 95.1 Å². The Morgan fingerprint density at radius 2 is 1.34 bits per heavy atom. The lowest BCUT2D eigenvalue weighted by Crippen LogP contribution is -2.32. The van der Waals surface area contributed by atoms with Crippen LogP contribution >= 0.6 is 0 Å². The van der Waals surface area contributed by atoms with E-state index in [1.54, 1.807) is 14.2 Å². The summed E-state index contributed by atoms with van der Waals surface area (Å²) in [4.78, 5) is 2.56. The summed E-state index contributed by atoms with van der Waals surface area (Å²) < 4.78 is 11.0. The van der Waals surface area contributed by atoms with Gasteiger partial charge in [0.25, 0.3) is 0 Å². The van der Waals surface area contributed by atoms with Crippen molar-refractivity contribution in [1.29, 1.82) is 0 Å². The molecule has 3 aromatic rings. The van der Waals surface area contributed by atoms with Gasteiger partial charge in [0.15, 0.2) is 11.5 Å². The third-order valence-electron chi connectivity index (χ3n) is 5.93. The van der Waals surface area contributed by atoms with Crippen LogP contribution < -0.4 is 9.47 Å². The van der Waals surface area contributed by atoms with Gasteiger partial charge in [-0.15, -0.1) is 0 Å². The number of hydrogen-bond acceptors (Lipinski definition) is 3. The van der Waals surface area contributed by atoms with E-state index in [1.807, 2.05) is 0 Å². The van der Waals surface area contributed by atoms with E-state index in [4.69, 9.17) is 9.47 Å². The van der Waals surface area contributed by atoms with Crippen molar-refractivity contribution in [2.45, 2.75) is 25.3 Å². The molecule has 0 radical (unpaired) electrons. The molecule has 1 aliphatic heterocycles. The molecule has 1 heterocycles. The molecule has 0 saturated carbocycles. The van der Waals surface area contributed by atoms with Gasteiger partial charge in [0.05, 0.1) is 14.2 Å². The van der Waals surface area contributed by atoms with Gasteiger partial charge >= 0.3 is 0 Å². The molecule has 0 fully saturated rings. The van der Waals surface area contributed by atoms with Gasteiger partial charge in [0.2, 0.25) is 0 Å². The van der Waals surface area contributed by atoms with Crippen molar-refractivity contribution in [3.8, 4) is 11.5 Å². The lowest BCUT2D eigenvalue weighted by atomic mass is 9.88. The van der Waals surface area contributed by atoms with Gasteiger partial charge in [0.1, 0.15) is 0 Å². The van der Waals surface area contributed by atoms with E-state index < -0.39 is 0 Å². The molecule has 0 atom stereocenters. The number of benzene rings is 3. The van der Waals surface area contributed by atoms with Crippen LogP contribution in [0.4, 0.5) is 0 Å². The maximum atomic E-state index is 5.51. The zero-order valence-corrected chi connectivity index (χ0v) is 17.3. The SMILES string of the molecule is COc1cc2c(cc1OC)CN(CCC(c1ccccc1)c1ccccc1)CC2. The predicted octanol–water partition coefficient (Wildman–Crippen LogP) is 5.28. The van der Waals surface area contributed by atoms with E-state index >= 15 is 0 Å². The molecular formula is C26H29NO2. The molecule has 3 aromatic carbocycles. The van der Waals surface area contributed by atoms with Crippen LogP contribution in [0.5, 0.6) is 11.5 Å². The molecule has 3 nitrogen and oxygen atoms in total. The van der Waals surface area contributed by atoms with E-state index in [0.29, 0.717) is 5.92 Å². The van der Waals surface area contributed by atoms with Gasteiger partial charge < -0.3 is 9.47 Å². The fourth-order valence-electron chi connectivity index (χ4n) is 4.34. The second kappa shape index (κ2) is 9.15. The molecule has 3 heteroatoms. The highest BCUT2D eigenvalue weighted by Gasteiger charge is 2.21. The van der Waals surface area contributed by atoms with Crippen molar-refractivity contribution in [1.82, 2.24) is 4.90 Å². The topological polar surface area (TPSA) is 21.7 Å². The Morgan fingerprint density at radius 1 is 0.793 bits per heavy atom. The van der Waals surface area contributed by atoms with Crippen LogP contribution in [0.25, 0.3) is 0 Å². The molecule has 1 aliphatic rings. The minimum absolute atomic E-state index is 0.421. The molecule has 0 spiro atoms. The lowest BCUT2D eigenvalue weighted by molar-refractivity contribution is 0.246. The maximum Gasteiger partial charge on any atom is 0.161 e. The summed E-state index contributed by atoms with van der Waals surface area (Å²) in [6, 6.07) is 26.0. The average molecular weight is 388 g/mol. The Hall–Kier alpha value is -2.78. The molecule has 29 heavy (non-hydrogen) atoms. The first-order valence-electron chi connectivity index (χ1n) is 10.3. The fraction of sp³-hybridized carbons (Fsp3) is 0.308. The van der Waals surface area contributed by atoms with E-state index in [9.17, 15) is 0 Å². The Balaban J connectivity index is 1.49. The van der Waals surface area contributed by atoms with Crippen molar-refractivity contribution < 1.29 is 9.47 Å². The summed E-state index contributed by atoms with van der Waals surface area (Å²) in [5.41, 5.74) is 5.51. The number of methoxy groups -OCH3 is 2. The predicted molar refractivity (Wildman–Crippen MR) is 118 cm³/mol. The lowest BCUT2D eigenvalue weighted by Gasteiger charge is -2.31. The molecule has 4 rings (SSSR count). The van der Waals surface area contributed by atoms with E-state index in [-0.39, 0.29) is 0 Å². The van der Waals surface area contributed by atoms with Gasteiger partial charge in [-0.05, 0) is 53.8 Å². The van der Waals surface area contributed by atoms with Gasteiger partial charge in [-0.3, -0.25) is 4.90 Å². The first-order valence-corrected chi connectivity index (χ1v) is 10.3. The van der Waals surface area contributed by atoms with Crippen LogP contribution in [0.2, 0.25) is 0 Å². The third kappa shape index (κ3) is 4.46. The van der Waals surface area contributed by atoms with Crippen LogP contribution in [-0.2, 0) is 13.0 Å². The van der Waals surface area contributed by atoms with Crippen molar-refractivity contribution >= 4 is 0 Å². The minimum Gasteiger partial charge on any atom is -0.493 e. The highest BCUT2D eigenvalue weighted by molar-refractivity contribution is 5.48. The summed E-state index contributed by atoms with van der Waals surface area (Å²) in [7, 11) is 3.40. The van der Waals surface area contributed by atoms with Gasteiger partial charge in [0, 0.05) is 19.0 Å². The zero-order valence-electron chi connectivity index (χ0n) is 17.3. The van der Waals surface area contributed by atoms with E-state index in [1.165, 1.54) is 22.3 Å². The van der Waals surface area contributed by atoms with Crippen LogP contribution in [0.1, 0.15) is 34.6 Å². The number of nitrogens with zero attached hydrogens (tertiary/aromatic N) is 1. The van der Waals surface area contributed by atoms with Crippen molar-refractivity contribution in [2.24, 2.45) is 0 Å². The summed E-state index contributed by atoms with van der Waals surface area (Å²) in [6.45, 7) is 3.12. The standard InChI is InChI=1S/C26H29NO2/c1-28-25-17-22-13-15-27(19-23(22)18-26(25)29-2)16-14-24(20-9-5-3-6-10-20)21-11-7-4-8-12-21/h3-12,17-18,24H,13-16,19H2,1-2H3. The molecule has 0 unspecified atom stereocenters. The van der Waals surface area contributed by atoms with Crippen LogP contribution in [0, 0.1) is 0 Å². The van der Waals surface area contributed by atoms with Gasteiger partial charge in [-0.2, -0.15) is 0 Å². The Kier molecular flexibility index (Phi) is 6.16. The largest absolute Gasteiger partial charge is 0.493 e. The Labute approximate surface area is 173 Å². The number of rotatable bonds is 7. The van der Waals surface area contributed by atoms with Gasteiger partial charge in [-0.1, -0.05) is 60.7 Å². The average Bonchev–Trinajstić information content (AvgIpc) is 2.79. The quantitative estimate of drug-likeness (QED) is 0.550. The molecule has 0 N–H and O–H groups in total. The van der Waals surface area contributed by atoms with E-state index in [0.717, 1.165) is 44.0 Å². The monoisotopic (exact) mass is 387 g/mol. The first kappa shape index (κ1) is 19.5. The zero-order chi connectivity index (χ0) is 20.1. The molecule has 0 aromatic heterocycles. The summed E-state index contributed by atoms with van der Waals surface area (Å²) in [5, 5.41) is 0. The number of fused-ring (bicyclic) bond motifs is 1. The maximum absolute atomic E-state index is 5.51. The molecule has 0 aliphatic carbocycles. The molecular weight excluding hydrogens is 358 g/mol.